The van der Waals surface area contributed by atoms with Crippen LogP contribution in [0.1, 0.15) is 35.5 Å². The maximum Gasteiger partial charge on any atom is 0.256 e. The van der Waals surface area contributed by atoms with E-state index in [1.54, 1.807) is 18.4 Å². The number of amides is 2. The Bertz CT molecular complexity index is 1160. The Hall–Kier alpha value is -3.64. The number of carbonyl (C=O) groups is 2. The van der Waals surface area contributed by atoms with Crippen molar-refractivity contribution in [3.05, 3.63) is 77.7 Å². The van der Waals surface area contributed by atoms with Gasteiger partial charge >= 0.3 is 0 Å². The van der Waals surface area contributed by atoms with E-state index in [2.05, 4.69) is 29.4 Å². The molecule has 1 aliphatic heterocycles. The van der Waals surface area contributed by atoms with E-state index in [9.17, 15) is 9.59 Å². The molecule has 0 bridgehead atoms. The van der Waals surface area contributed by atoms with Gasteiger partial charge in [0.15, 0.2) is 0 Å². The van der Waals surface area contributed by atoms with Crippen molar-refractivity contribution in [2.45, 2.75) is 13.8 Å². The van der Waals surface area contributed by atoms with Crippen molar-refractivity contribution in [1.29, 1.82) is 0 Å². The number of anilines is 1. The van der Waals surface area contributed by atoms with Crippen LogP contribution in [0.3, 0.4) is 0 Å². The van der Waals surface area contributed by atoms with Crippen LogP contribution >= 0.6 is 0 Å². The number of fused-ring (bicyclic) bond motifs is 1. The number of benzene rings is 2. The van der Waals surface area contributed by atoms with Gasteiger partial charge in [-0.05, 0) is 49.0 Å². The summed E-state index contributed by atoms with van der Waals surface area (Å²) in [4.78, 5) is 27.2. The monoisotopic (exact) mass is 429 g/mol. The molecule has 6 nitrogen and oxygen atoms in total. The number of carbonyl (C=O) groups excluding carboxylic acids is 2. The molecule has 164 valence electrons. The molecule has 0 aliphatic carbocycles. The average molecular weight is 430 g/mol. The second kappa shape index (κ2) is 9.66. The molecule has 6 heteroatoms. The second-order valence-electron chi connectivity index (χ2n) is 7.66. The number of rotatable bonds is 8. The van der Waals surface area contributed by atoms with Crippen LogP contribution in [0.15, 0.2) is 65.3 Å². The van der Waals surface area contributed by atoms with E-state index in [1.165, 1.54) is 0 Å². The largest absolute Gasteiger partial charge is 0.464 e. The molecule has 1 aliphatic rings. The normalized spacial score (nSPS) is 14.0. The summed E-state index contributed by atoms with van der Waals surface area (Å²) in [5, 5.41) is 5.85. The molecule has 0 atom stereocenters. The molecule has 2 amide bonds. The molecule has 3 aromatic rings. The van der Waals surface area contributed by atoms with Crippen LogP contribution < -0.4 is 10.6 Å². The van der Waals surface area contributed by atoms with Gasteiger partial charge in [0.1, 0.15) is 5.76 Å². The van der Waals surface area contributed by atoms with E-state index in [1.807, 2.05) is 48.5 Å². The Morgan fingerprint density at radius 2 is 1.88 bits per heavy atom. The fourth-order valence-corrected chi connectivity index (χ4v) is 3.81. The van der Waals surface area contributed by atoms with E-state index >= 15 is 0 Å². The maximum absolute atomic E-state index is 12.6. The number of furan rings is 1. The lowest BCUT2D eigenvalue weighted by atomic mass is 10.0. The summed E-state index contributed by atoms with van der Waals surface area (Å²) >= 11 is 0. The molecular weight excluding hydrogens is 402 g/mol. The maximum atomic E-state index is 12.6. The highest BCUT2D eigenvalue weighted by Crippen LogP contribution is 2.33. The topological polar surface area (TPSA) is 74.6 Å². The van der Waals surface area contributed by atoms with Crippen LogP contribution in [0.5, 0.6) is 0 Å². The highest BCUT2D eigenvalue weighted by atomic mass is 16.3. The van der Waals surface area contributed by atoms with Crippen molar-refractivity contribution in [3.63, 3.8) is 0 Å². The molecule has 0 fully saturated rings. The van der Waals surface area contributed by atoms with Crippen LogP contribution in [0, 0.1) is 0 Å². The molecule has 2 heterocycles. The van der Waals surface area contributed by atoms with E-state index in [-0.39, 0.29) is 11.8 Å². The van der Waals surface area contributed by atoms with Crippen molar-refractivity contribution in [2.75, 3.05) is 31.5 Å². The first-order valence-electron chi connectivity index (χ1n) is 10.9. The standard InChI is InChI=1S/C26H27N3O3/c1-3-29(4-2)13-12-27-25(30)19-9-7-8-18(14-19)20-15-21(32-17-20)16-23-22-10-5-6-11-24(22)28-26(23)31/h5-11,14-17H,3-4,12-13H2,1-2H3,(H,27,30)(H,28,31)/b23-16+. The van der Waals surface area contributed by atoms with Crippen molar-refractivity contribution in [2.24, 2.45) is 0 Å². The van der Waals surface area contributed by atoms with Crippen LogP contribution in [0.25, 0.3) is 22.8 Å². The molecule has 2 aromatic carbocycles. The van der Waals surface area contributed by atoms with Crippen molar-refractivity contribution in [1.82, 2.24) is 10.2 Å². The van der Waals surface area contributed by atoms with Crippen LogP contribution in [0.4, 0.5) is 5.69 Å². The Kier molecular flexibility index (Phi) is 6.52. The first-order valence-corrected chi connectivity index (χ1v) is 10.9. The van der Waals surface area contributed by atoms with Crippen molar-refractivity contribution >= 4 is 29.2 Å². The van der Waals surface area contributed by atoms with Gasteiger partial charge in [-0.3, -0.25) is 9.59 Å². The third-order valence-electron chi connectivity index (χ3n) is 5.68. The highest BCUT2D eigenvalue weighted by molar-refractivity contribution is 6.34. The molecule has 0 saturated carbocycles. The summed E-state index contributed by atoms with van der Waals surface area (Å²) in [7, 11) is 0. The van der Waals surface area contributed by atoms with E-state index in [0.29, 0.717) is 23.4 Å². The lowest BCUT2D eigenvalue weighted by Crippen LogP contribution is -2.34. The molecule has 0 unspecified atom stereocenters. The summed E-state index contributed by atoms with van der Waals surface area (Å²) in [5.41, 5.74) is 4.57. The van der Waals surface area contributed by atoms with E-state index < -0.39 is 0 Å². The first-order chi connectivity index (χ1) is 15.6. The molecule has 0 saturated heterocycles. The summed E-state index contributed by atoms with van der Waals surface area (Å²) in [6.45, 7) is 7.60. The van der Waals surface area contributed by atoms with E-state index in [4.69, 9.17) is 4.42 Å². The lowest BCUT2D eigenvalue weighted by Gasteiger charge is -2.18. The van der Waals surface area contributed by atoms with Gasteiger partial charge in [-0.25, -0.2) is 0 Å². The minimum Gasteiger partial charge on any atom is -0.464 e. The van der Waals surface area contributed by atoms with Crippen LogP contribution in [-0.4, -0.2) is 42.9 Å². The summed E-state index contributed by atoms with van der Waals surface area (Å²) < 4.78 is 5.70. The first kappa shape index (κ1) is 21.6. The van der Waals surface area contributed by atoms with Crippen LogP contribution in [0.2, 0.25) is 0 Å². The molecule has 2 N–H and O–H groups in total. The smallest absolute Gasteiger partial charge is 0.256 e. The van der Waals surface area contributed by atoms with Crippen molar-refractivity contribution < 1.29 is 14.0 Å². The number of hydrogen-bond acceptors (Lipinski definition) is 4. The van der Waals surface area contributed by atoms with Gasteiger partial charge in [0.05, 0.1) is 11.8 Å². The fourth-order valence-electron chi connectivity index (χ4n) is 3.81. The van der Waals surface area contributed by atoms with Gasteiger partial charge in [0, 0.05) is 35.5 Å². The summed E-state index contributed by atoms with van der Waals surface area (Å²) in [5.74, 6) is 0.340. The number of likely N-dealkylation sites (N-methyl/N-ethyl adjacent to an activating group) is 1. The third-order valence-corrected chi connectivity index (χ3v) is 5.68. The summed E-state index contributed by atoms with van der Waals surface area (Å²) in [6, 6.07) is 16.9. The zero-order valence-electron chi connectivity index (χ0n) is 18.4. The predicted octanol–water partition coefficient (Wildman–Crippen LogP) is 4.51. The van der Waals surface area contributed by atoms with Gasteiger partial charge in [0.25, 0.3) is 11.8 Å². The number of hydrogen-bond donors (Lipinski definition) is 2. The Morgan fingerprint density at radius 1 is 1.06 bits per heavy atom. The highest BCUT2D eigenvalue weighted by Gasteiger charge is 2.23. The van der Waals surface area contributed by atoms with Crippen LogP contribution in [-0.2, 0) is 4.79 Å². The molecule has 0 radical (unpaired) electrons. The van der Waals surface area contributed by atoms with Gasteiger partial charge in [0.2, 0.25) is 0 Å². The van der Waals surface area contributed by atoms with Crippen molar-refractivity contribution in [3.8, 4) is 11.1 Å². The van der Waals surface area contributed by atoms with Gasteiger partial charge in [-0.2, -0.15) is 0 Å². The zero-order valence-corrected chi connectivity index (χ0v) is 18.4. The Morgan fingerprint density at radius 3 is 2.69 bits per heavy atom. The molecular formula is C26H27N3O3. The Balaban J connectivity index is 1.48. The average Bonchev–Trinajstić information content (AvgIpc) is 3.41. The van der Waals surface area contributed by atoms with Gasteiger partial charge in [-0.15, -0.1) is 0 Å². The third kappa shape index (κ3) is 4.65. The predicted molar refractivity (Wildman–Crippen MR) is 127 cm³/mol. The molecule has 0 spiro atoms. The Labute approximate surface area is 187 Å². The number of nitrogens with one attached hydrogen (secondary N) is 2. The zero-order chi connectivity index (χ0) is 22.5. The van der Waals surface area contributed by atoms with Gasteiger partial charge in [-0.1, -0.05) is 44.2 Å². The minimum absolute atomic E-state index is 0.0934. The number of nitrogens with zero attached hydrogens (tertiary/aromatic N) is 1. The quantitative estimate of drug-likeness (QED) is 0.517. The van der Waals surface area contributed by atoms with E-state index in [0.717, 1.165) is 42.0 Å². The number of para-hydroxylation sites is 1. The second-order valence-corrected chi connectivity index (χ2v) is 7.66. The molecule has 1 aromatic heterocycles. The SMILES string of the molecule is CCN(CC)CCNC(=O)c1cccc(-c2coc(/C=C3/C(=O)Nc4ccccc43)c2)c1. The summed E-state index contributed by atoms with van der Waals surface area (Å²) in [6.07, 6.45) is 3.39. The lowest BCUT2D eigenvalue weighted by molar-refractivity contribution is -0.110. The molecule has 32 heavy (non-hydrogen) atoms. The minimum atomic E-state index is -0.146. The fraction of sp³-hybridized carbons (Fsp3) is 0.231. The van der Waals surface area contributed by atoms with Gasteiger partial charge < -0.3 is 20.0 Å². The molecule has 4 rings (SSSR count).